The van der Waals surface area contributed by atoms with Gasteiger partial charge >= 0.3 is 0 Å². The van der Waals surface area contributed by atoms with Crippen molar-refractivity contribution in [1.82, 2.24) is 4.90 Å². The Morgan fingerprint density at radius 1 is 1.37 bits per heavy atom. The van der Waals surface area contributed by atoms with Crippen molar-refractivity contribution in [1.29, 1.82) is 0 Å². The third kappa shape index (κ3) is 3.78. The molecule has 1 heterocycles. The third-order valence-corrected chi connectivity index (χ3v) is 3.38. The molecule has 4 nitrogen and oxygen atoms in total. The van der Waals surface area contributed by atoms with E-state index in [1.165, 1.54) is 0 Å². The first-order chi connectivity index (χ1) is 9.13. The number of hydrogen-bond donors (Lipinski definition) is 1. The molecule has 1 amide bonds. The maximum absolute atomic E-state index is 11.8. The summed E-state index contributed by atoms with van der Waals surface area (Å²) < 4.78 is 5.39. The predicted octanol–water partition coefficient (Wildman–Crippen LogP) is 1.58. The van der Waals surface area contributed by atoms with Crippen LogP contribution in [0.2, 0.25) is 0 Å². The first-order valence-corrected chi connectivity index (χ1v) is 6.75. The number of ether oxygens (including phenoxy) is 1. The van der Waals surface area contributed by atoms with Gasteiger partial charge in [-0.3, -0.25) is 4.79 Å². The summed E-state index contributed by atoms with van der Waals surface area (Å²) in [5.41, 5.74) is 0.394. The van der Waals surface area contributed by atoms with Crippen LogP contribution in [0.25, 0.3) is 0 Å². The topological polar surface area (TPSA) is 49.8 Å². The number of rotatable bonds is 6. The number of hydrogen-bond acceptors (Lipinski definition) is 3. The molecule has 0 atom stereocenters. The van der Waals surface area contributed by atoms with Gasteiger partial charge in [-0.25, -0.2) is 0 Å². The molecule has 1 aliphatic heterocycles. The van der Waals surface area contributed by atoms with E-state index in [0.29, 0.717) is 19.7 Å². The number of carbonyl (C=O) groups excluding carboxylic acids is 1. The van der Waals surface area contributed by atoms with Gasteiger partial charge < -0.3 is 14.7 Å². The van der Waals surface area contributed by atoms with E-state index in [0.717, 1.165) is 18.4 Å². The second-order valence-corrected chi connectivity index (χ2v) is 5.20. The number of β-amino-alcohol motifs (C(OH)–C–C–N with tert-alkyl or cyclic N) is 1. The molecule has 19 heavy (non-hydrogen) atoms. The van der Waals surface area contributed by atoms with Gasteiger partial charge in [0.1, 0.15) is 6.61 Å². The van der Waals surface area contributed by atoms with E-state index >= 15 is 0 Å². The average molecular weight is 263 g/mol. The van der Waals surface area contributed by atoms with Gasteiger partial charge in [0, 0.05) is 0 Å². The Labute approximate surface area is 114 Å². The molecule has 0 unspecified atom stereocenters. The Bertz CT molecular complexity index is 413. The fraction of sp³-hybridized carbons (Fsp3) is 0.533. The third-order valence-electron chi connectivity index (χ3n) is 3.38. The van der Waals surface area contributed by atoms with Crippen molar-refractivity contribution in [3.8, 4) is 0 Å². The van der Waals surface area contributed by atoms with E-state index in [1.807, 2.05) is 37.3 Å². The zero-order valence-corrected chi connectivity index (χ0v) is 11.3. The molecule has 0 radical (unpaired) electrons. The molecule has 1 saturated heterocycles. The standard InChI is InChI=1S/C15H21NO3/c1-2-8-15(18)11-16(12-15)14(17)10-19-9-13-6-4-3-5-7-13/h3-7,18H,2,8-12H2,1H3. The first-order valence-electron chi connectivity index (χ1n) is 6.75. The summed E-state index contributed by atoms with van der Waals surface area (Å²) in [5, 5.41) is 10.00. The van der Waals surface area contributed by atoms with Crippen LogP contribution < -0.4 is 0 Å². The van der Waals surface area contributed by atoms with Gasteiger partial charge in [0.05, 0.1) is 25.3 Å². The van der Waals surface area contributed by atoms with Gasteiger partial charge in [0.15, 0.2) is 0 Å². The molecule has 2 rings (SSSR count). The van der Waals surface area contributed by atoms with Gasteiger partial charge in [-0.15, -0.1) is 0 Å². The van der Waals surface area contributed by atoms with Gasteiger partial charge in [-0.1, -0.05) is 43.7 Å². The highest BCUT2D eigenvalue weighted by molar-refractivity contribution is 5.78. The van der Waals surface area contributed by atoms with E-state index < -0.39 is 5.60 Å². The highest BCUT2D eigenvalue weighted by Crippen LogP contribution is 2.25. The lowest BCUT2D eigenvalue weighted by Gasteiger charge is -2.46. The van der Waals surface area contributed by atoms with Crippen LogP contribution in [-0.4, -0.2) is 41.2 Å². The average Bonchev–Trinajstić information content (AvgIpc) is 2.37. The Hall–Kier alpha value is -1.39. The molecule has 0 bridgehead atoms. The van der Waals surface area contributed by atoms with Crippen LogP contribution in [0.5, 0.6) is 0 Å². The monoisotopic (exact) mass is 263 g/mol. The lowest BCUT2D eigenvalue weighted by atomic mass is 9.89. The number of benzene rings is 1. The van der Waals surface area contributed by atoms with Crippen LogP contribution >= 0.6 is 0 Å². The quantitative estimate of drug-likeness (QED) is 0.847. The number of nitrogens with zero attached hydrogens (tertiary/aromatic N) is 1. The van der Waals surface area contributed by atoms with E-state index in [4.69, 9.17) is 4.74 Å². The molecule has 0 aliphatic carbocycles. The number of carbonyl (C=O) groups is 1. The van der Waals surface area contributed by atoms with Gasteiger partial charge in [0.25, 0.3) is 0 Å². The molecule has 1 aromatic carbocycles. The number of aliphatic hydroxyl groups is 1. The smallest absolute Gasteiger partial charge is 0.248 e. The minimum Gasteiger partial charge on any atom is -0.386 e. The van der Waals surface area contributed by atoms with E-state index in [2.05, 4.69) is 0 Å². The molecule has 1 aromatic rings. The summed E-state index contributed by atoms with van der Waals surface area (Å²) in [4.78, 5) is 13.5. The summed E-state index contributed by atoms with van der Waals surface area (Å²) in [5.74, 6) is -0.0447. The van der Waals surface area contributed by atoms with Gasteiger partial charge in [-0.05, 0) is 12.0 Å². The largest absolute Gasteiger partial charge is 0.386 e. The Morgan fingerprint density at radius 2 is 2.05 bits per heavy atom. The normalized spacial score (nSPS) is 17.1. The molecule has 1 aliphatic rings. The highest BCUT2D eigenvalue weighted by atomic mass is 16.5. The van der Waals surface area contributed by atoms with Crippen LogP contribution in [0.4, 0.5) is 0 Å². The lowest BCUT2D eigenvalue weighted by molar-refractivity contribution is -0.161. The predicted molar refractivity (Wildman–Crippen MR) is 72.5 cm³/mol. The Morgan fingerprint density at radius 3 is 2.68 bits per heavy atom. The van der Waals surface area contributed by atoms with Crippen molar-refractivity contribution >= 4 is 5.91 Å². The van der Waals surface area contributed by atoms with Gasteiger partial charge in [0.2, 0.25) is 5.91 Å². The fourth-order valence-corrected chi connectivity index (χ4v) is 2.39. The van der Waals surface area contributed by atoms with Crippen LogP contribution in [-0.2, 0) is 16.1 Å². The minimum absolute atomic E-state index is 0.0447. The summed E-state index contributed by atoms with van der Waals surface area (Å²) in [6.45, 7) is 3.44. The molecule has 0 aromatic heterocycles. The van der Waals surface area contributed by atoms with Crippen molar-refractivity contribution < 1.29 is 14.6 Å². The molecule has 1 N–H and O–H groups in total. The van der Waals surface area contributed by atoms with Crippen molar-refractivity contribution in [2.75, 3.05) is 19.7 Å². The summed E-state index contributed by atoms with van der Waals surface area (Å²) in [7, 11) is 0. The lowest BCUT2D eigenvalue weighted by Crippen LogP contribution is -2.63. The van der Waals surface area contributed by atoms with Crippen LogP contribution in [0.1, 0.15) is 25.3 Å². The van der Waals surface area contributed by atoms with Crippen LogP contribution in [0, 0.1) is 0 Å². The molecular formula is C15H21NO3. The molecule has 0 spiro atoms. The van der Waals surface area contributed by atoms with Crippen molar-refractivity contribution in [2.24, 2.45) is 0 Å². The van der Waals surface area contributed by atoms with E-state index in [-0.39, 0.29) is 12.5 Å². The van der Waals surface area contributed by atoms with Crippen LogP contribution in [0.3, 0.4) is 0 Å². The molecule has 0 saturated carbocycles. The van der Waals surface area contributed by atoms with E-state index in [1.54, 1.807) is 4.90 Å². The Kier molecular flexibility index (Phi) is 4.56. The first kappa shape index (κ1) is 14.0. The summed E-state index contributed by atoms with van der Waals surface area (Å²) in [6.07, 6.45) is 1.69. The van der Waals surface area contributed by atoms with Crippen LogP contribution in [0.15, 0.2) is 30.3 Å². The van der Waals surface area contributed by atoms with Crippen molar-refractivity contribution in [3.63, 3.8) is 0 Å². The minimum atomic E-state index is -0.663. The zero-order valence-electron chi connectivity index (χ0n) is 11.3. The van der Waals surface area contributed by atoms with Crippen molar-refractivity contribution in [2.45, 2.75) is 32.0 Å². The number of likely N-dealkylation sites (tertiary alicyclic amines) is 1. The SMILES string of the molecule is CCCC1(O)CN(C(=O)COCc2ccccc2)C1. The molecule has 4 heteroatoms. The van der Waals surface area contributed by atoms with Crippen molar-refractivity contribution in [3.05, 3.63) is 35.9 Å². The zero-order chi connectivity index (χ0) is 13.7. The second kappa shape index (κ2) is 6.17. The van der Waals surface area contributed by atoms with Gasteiger partial charge in [-0.2, -0.15) is 0 Å². The maximum Gasteiger partial charge on any atom is 0.248 e. The molecular weight excluding hydrogens is 242 g/mol. The number of amides is 1. The summed E-state index contributed by atoms with van der Waals surface area (Å²) >= 11 is 0. The molecule has 104 valence electrons. The fourth-order valence-electron chi connectivity index (χ4n) is 2.39. The van der Waals surface area contributed by atoms with E-state index in [9.17, 15) is 9.90 Å². The second-order valence-electron chi connectivity index (χ2n) is 5.20. The molecule has 1 fully saturated rings. The highest BCUT2D eigenvalue weighted by Gasteiger charge is 2.42. The summed E-state index contributed by atoms with van der Waals surface area (Å²) in [6, 6.07) is 9.77. The maximum atomic E-state index is 11.8. The Balaban J connectivity index is 1.66.